The van der Waals surface area contributed by atoms with Crippen LogP contribution in [0.3, 0.4) is 0 Å². The SMILES string of the molecule is CCOC(=O)C[C@@H](C)c1ccc(N(CC(C)C)C2CCCCC2)c(Nc2nc(C(N)=O)n(COCCS(C)(C)C)n2)c1. The lowest BCUT2D eigenvalue weighted by Crippen LogP contribution is -2.39. The highest BCUT2D eigenvalue weighted by Crippen LogP contribution is 2.37. The van der Waals surface area contributed by atoms with Gasteiger partial charge in [-0.3, -0.25) is 9.59 Å². The molecular weight excluding hydrogens is 552 g/mol. The first-order valence-electron chi connectivity index (χ1n) is 15.2. The van der Waals surface area contributed by atoms with Crippen molar-refractivity contribution >= 4 is 39.2 Å². The minimum Gasteiger partial charge on any atom is -0.466 e. The van der Waals surface area contributed by atoms with Gasteiger partial charge < -0.3 is 25.4 Å². The van der Waals surface area contributed by atoms with Crippen molar-refractivity contribution in [3.63, 3.8) is 0 Å². The van der Waals surface area contributed by atoms with Gasteiger partial charge in [-0.25, -0.2) is 14.7 Å². The number of ether oxygens (including phenoxy) is 2. The topological polar surface area (TPSA) is 125 Å². The molecule has 1 aliphatic carbocycles. The second kappa shape index (κ2) is 15.6. The Morgan fingerprint density at radius 3 is 2.50 bits per heavy atom. The number of nitrogens with one attached hydrogen (secondary N) is 1. The molecule has 42 heavy (non-hydrogen) atoms. The van der Waals surface area contributed by atoms with Gasteiger partial charge in [0.15, 0.2) is 0 Å². The van der Waals surface area contributed by atoms with Crippen molar-refractivity contribution in [2.75, 3.05) is 54.5 Å². The quantitative estimate of drug-likeness (QED) is 0.186. The summed E-state index contributed by atoms with van der Waals surface area (Å²) in [6.07, 6.45) is 13.0. The molecule has 3 rings (SSSR count). The summed E-state index contributed by atoms with van der Waals surface area (Å²) in [6.45, 7) is 10.2. The predicted molar refractivity (Wildman–Crippen MR) is 173 cm³/mol. The number of primary amides is 1. The summed E-state index contributed by atoms with van der Waals surface area (Å²) >= 11 is 0. The van der Waals surface area contributed by atoms with Crippen LogP contribution in [0.4, 0.5) is 17.3 Å². The number of hydrogen-bond acceptors (Lipinski definition) is 8. The van der Waals surface area contributed by atoms with Crippen LogP contribution < -0.4 is 16.0 Å². The summed E-state index contributed by atoms with van der Waals surface area (Å²) < 4.78 is 12.5. The molecule has 0 bridgehead atoms. The largest absolute Gasteiger partial charge is 0.466 e. The molecule has 236 valence electrons. The van der Waals surface area contributed by atoms with Gasteiger partial charge in [0.2, 0.25) is 11.8 Å². The molecule has 1 amide bonds. The van der Waals surface area contributed by atoms with Gasteiger partial charge in [-0.05, 0) is 68.1 Å². The van der Waals surface area contributed by atoms with E-state index in [1.807, 2.05) is 13.8 Å². The van der Waals surface area contributed by atoms with Gasteiger partial charge in [0.25, 0.3) is 5.91 Å². The first-order valence-corrected chi connectivity index (χ1v) is 18.2. The lowest BCUT2D eigenvalue weighted by Gasteiger charge is -2.38. The highest BCUT2D eigenvalue weighted by atomic mass is 32.3. The smallest absolute Gasteiger partial charge is 0.306 e. The molecule has 0 saturated heterocycles. The van der Waals surface area contributed by atoms with E-state index in [0.29, 0.717) is 25.2 Å². The van der Waals surface area contributed by atoms with Crippen molar-refractivity contribution in [1.82, 2.24) is 14.8 Å². The summed E-state index contributed by atoms with van der Waals surface area (Å²) in [5, 5.41) is 7.97. The van der Waals surface area contributed by atoms with Crippen molar-refractivity contribution in [3.05, 3.63) is 29.6 Å². The molecule has 2 aromatic rings. The number of carbonyl (C=O) groups excluding carboxylic acids is 2. The molecule has 1 aromatic carbocycles. The van der Waals surface area contributed by atoms with E-state index in [0.717, 1.165) is 42.1 Å². The number of benzene rings is 1. The maximum absolute atomic E-state index is 12.2. The summed E-state index contributed by atoms with van der Waals surface area (Å²) in [5.41, 5.74) is 8.56. The molecule has 0 aliphatic heterocycles. The van der Waals surface area contributed by atoms with Gasteiger partial charge in [-0.15, -0.1) is 5.10 Å². The molecule has 1 heterocycles. The molecule has 11 heteroatoms. The van der Waals surface area contributed by atoms with Crippen molar-refractivity contribution in [1.29, 1.82) is 0 Å². The van der Waals surface area contributed by atoms with E-state index >= 15 is 0 Å². The Morgan fingerprint density at radius 2 is 1.88 bits per heavy atom. The lowest BCUT2D eigenvalue weighted by atomic mass is 9.92. The average molecular weight is 605 g/mol. The zero-order valence-electron chi connectivity index (χ0n) is 26.6. The Morgan fingerprint density at radius 1 is 1.17 bits per heavy atom. The number of carbonyl (C=O) groups is 2. The summed E-state index contributed by atoms with van der Waals surface area (Å²) in [6, 6.07) is 6.75. The molecule has 1 saturated carbocycles. The zero-order valence-corrected chi connectivity index (χ0v) is 27.5. The molecule has 1 atom stereocenters. The van der Waals surface area contributed by atoms with Crippen LogP contribution in [0.2, 0.25) is 0 Å². The Labute approximate surface area is 253 Å². The average Bonchev–Trinajstić information content (AvgIpc) is 3.32. The van der Waals surface area contributed by atoms with E-state index < -0.39 is 15.9 Å². The number of anilines is 3. The molecule has 0 unspecified atom stereocenters. The Kier molecular flexibility index (Phi) is 12.5. The first kappa shape index (κ1) is 33.7. The van der Waals surface area contributed by atoms with Crippen molar-refractivity contribution in [3.8, 4) is 0 Å². The monoisotopic (exact) mass is 604 g/mol. The number of amides is 1. The van der Waals surface area contributed by atoms with Crippen LogP contribution in [0.15, 0.2) is 18.2 Å². The standard InChI is InChI=1S/C31H52N6O4S/c1-8-41-28(38)18-23(4)24-14-15-27(36(20-22(2)3)25-12-10-9-11-13-25)26(19-24)33-31-34-30(29(32)39)37(35-31)21-40-16-17-42(5,6)7/h14-15,19,22-23,25H,8-13,16-18,20-21H2,1-7H3,(H2,32,39)(H,33,35)/t23-/m1/s1. The third-order valence-electron chi connectivity index (χ3n) is 7.45. The van der Waals surface area contributed by atoms with Crippen LogP contribution in [-0.4, -0.2) is 77.0 Å². The molecule has 10 nitrogen and oxygen atoms in total. The van der Waals surface area contributed by atoms with E-state index in [2.05, 4.69) is 71.1 Å². The Hall–Kier alpha value is -2.79. The van der Waals surface area contributed by atoms with Crippen LogP contribution >= 0.6 is 10.0 Å². The van der Waals surface area contributed by atoms with Gasteiger partial charge in [0.05, 0.1) is 31.0 Å². The fraction of sp³-hybridized carbons (Fsp3) is 0.677. The van der Waals surface area contributed by atoms with Crippen LogP contribution in [0.25, 0.3) is 0 Å². The van der Waals surface area contributed by atoms with E-state index in [4.69, 9.17) is 15.2 Å². The summed E-state index contributed by atoms with van der Waals surface area (Å²) in [7, 11) is -0.702. The number of esters is 1. The third-order valence-corrected chi connectivity index (χ3v) is 8.84. The van der Waals surface area contributed by atoms with Gasteiger partial charge in [0, 0.05) is 18.3 Å². The van der Waals surface area contributed by atoms with E-state index in [9.17, 15) is 9.59 Å². The second-order valence-corrected chi connectivity index (χ2v) is 17.2. The van der Waals surface area contributed by atoms with Crippen molar-refractivity contribution < 1.29 is 19.1 Å². The predicted octanol–water partition coefficient (Wildman–Crippen LogP) is 5.64. The molecule has 1 aliphatic rings. The van der Waals surface area contributed by atoms with Gasteiger partial charge >= 0.3 is 5.97 Å². The van der Waals surface area contributed by atoms with Crippen LogP contribution in [0.5, 0.6) is 0 Å². The van der Waals surface area contributed by atoms with Gasteiger partial charge in [-0.2, -0.15) is 4.98 Å². The maximum Gasteiger partial charge on any atom is 0.306 e. The number of nitrogens with zero attached hydrogens (tertiary/aromatic N) is 4. The normalized spacial score (nSPS) is 15.4. The maximum atomic E-state index is 12.2. The number of aromatic nitrogens is 3. The van der Waals surface area contributed by atoms with Crippen LogP contribution in [0.1, 0.15) is 88.3 Å². The minimum absolute atomic E-state index is 0.0420. The third kappa shape index (κ3) is 10.2. The fourth-order valence-electron chi connectivity index (χ4n) is 5.28. The molecule has 1 fully saturated rings. The zero-order chi connectivity index (χ0) is 30.9. The fourth-order valence-corrected chi connectivity index (χ4v) is 5.89. The molecule has 3 N–H and O–H groups in total. The lowest BCUT2D eigenvalue weighted by molar-refractivity contribution is -0.143. The van der Waals surface area contributed by atoms with E-state index in [1.165, 1.54) is 23.9 Å². The van der Waals surface area contributed by atoms with E-state index in [-0.39, 0.29) is 36.8 Å². The van der Waals surface area contributed by atoms with Gasteiger partial charge in [0.1, 0.15) is 6.73 Å². The molecule has 0 spiro atoms. The first-order chi connectivity index (χ1) is 19.9. The van der Waals surface area contributed by atoms with Crippen molar-refractivity contribution in [2.24, 2.45) is 11.7 Å². The van der Waals surface area contributed by atoms with Crippen molar-refractivity contribution in [2.45, 2.75) is 84.9 Å². The highest BCUT2D eigenvalue weighted by Gasteiger charge is 2.26. The van der Waals surface area contributed by atoms with Gasteiger partial charge in [-0.1, -0.05) is 46.1 Å². The Bertz CT molecular complexity index is 1170. The molecular formula is C31H52N6O4S. The van der Waals surface area contributed by atoms with Crippen LogP contribution in [-0.2, 0) is 21.0 Å². The van der Waals surface area contributed by atoms with Crippen LogP contribution in [0, 0.1) is 5.92 Å². The summed E-state index contributed by atoms with van der Waals surface area (Å²) in [4.78, 5) is 31.5. The highest BCUT2D eigenvalue weighted by molar-refractivity contribution is 8.32. The number of hydrogen-bond donors (Lipinski definition) is 2. The molecule has 0 radical (unpaired) electrons. The minimum atomic E-state index is -0.702. The number of nitrogens with two attached hydrogens (primary N) is 1. The second-order valence-electron chi connectivity index (χ2n) is 12.6. The molecule has 1 aromatic heterocycles. The van der Waals surface area contributed by atoms with E-state index in [1.54, 1.807) is 0 Å². The Balaban J connectivity index is 1.96. The number of rotatable bonds is 16. The summed E-state index contributed by atoms with van der Waals surface area (Å²) in [5.74, 6) is 0.808.